The SMILES string of the molecule is Cc1nc2cc(NCCCCC(=O)O)ccc2o1. The fraction of sp³-hybridized carbons (Fsp3) is 0.385. The van der Waals surface area contributed by atoms with E-state index in [0.29, 0.717) is 12.3 Å². The second kappa shape index (κ2) is 5.53. The highest BCUT2D eigenvalue weighted by Crippen LogP contribution is 2.19. The number of aromatic nitrogens is 1. The first-order chi connectivity index (χ1) is 8.65. The Kier molecular flexibility index (Phi) is 3.82. The summed E-state index contributed by atoms with van der Waals surface area (Å²) >= 11 is 0. The van der Waals surface area contributed by atoms with Crippen molar-refractivity contribution in [3.63, 3.8) is 0 Å². The van der Waals surface area contributed by atoms with Crippen molar-refractivity contribution in [2.45, 2.75) is 26.2 Å². The van der Waals surface area contributed by atoms with Crippen molar-refractivity contribution in [3.05, 3.63) is 24.1 Å². The van der Waals surface area contributed by atoms with Crippen LogP contribution < -0.4 is 5.32 Å². The zero-order chi connectivity index (χ0) is 13.0. The van der Waals surface area contributed by atoms with Crippen molar-refractivity contribution in [2.24, 2.45) is 0 Å². The lowest BCUT2D eigenvalue weighted by Crippen LogP contribution is -2.03. The van der Waals surface area contributed by atoms with Gasteiger partial charge in [0, 0.05) is 25.6 Å². The number of nitrogens with one attached hydrogen (secondary N) is 1. The smallest absolute Gasteiger partial charge is 0.303 e. The van der Waals surface area contributed by atoms with Crippen molar-refractivity contribution in [1.29, 1.82) is 0 Å². The van der Waals surface area contributed by atoms with Crippen LogP contribution in [0.25, 0.3) is 11.1 Å². The standard InChI is InChI=1S/C13H16N2O3/c1-9-15-11-8-10(5-6-12(11)18-9)14-7-3-2-4-13(16)17/h5-6,8,14H,2-4,7H2,1H3,(H,16,17). The average molecular weight is 248 g/mol. The number of carboxylic acid groups (broad SMARTS) is 1. The Bertz CT molecular complexity index is 548. The first-order valence-corrected chi connectivity index (χ1v) is 5.98. The van der Waals surface area contributed by atoms with Crippen LogP contribution >= 0.6 is 0 Å². The maximum Gasteiger partial charge on any atom is 0.303 e. The van der Waals surface area contributed by atoms with Gasteiger partial charge in [-0.2, -0.15) is 0 Å². The molecule has 2 rings (SSSR count). The lowest BCUT2D eigenvalue weighted by molar-refractivity contribution is -0.137. The molecule has 0 saturated carbocycles. The van der Waals surface area contributed by atoms with Gasteiger partial charge in [-0.25, -0.2) is 4.98 Å². The molecule has 0 unspecified atom stereocenters. The number of aliphatic carboxylic acids is 1. The highest BCUT2D eigenvalue weighted by atomic mass is 16.4. The van der Waals surface area contributed by atoms with E-state index in [1.54, 1.807) is 0 Å². The molecule has 1 heterocycles. The maximum absolute atomic E-state index is 10.3. The van der Waals surface area contributed by atoms with Crippen molar-refractivity contribution < 1.29 is 14.3 Å². The van der Waals surface area contributed by atoms with Crippen molar-refractivity contribution >= 4 is 22.8 Å². The predicted octanol–water partition coefficient (Wildman–Crippen LogP) is 2.80. The predicted molar refractivity (Wildman–Crippen MR) is 68.7 cm³/mol. The highest BCUT2D eigenvalue weighted by Gasteiger charge is 2.02. The molecule has 0 spiro atoms. The van der Waals surface area contributed by atoms with Gasteiger partial charge in [-0.1, -0.05) is 0 Å². The van der Waals surface area contributed by atoms with Gasteiger partial charge in [-0.05, 0) is 31.0 Å². The lowest BCUT2D eigenvalue weighted by Gasteiger charge is -2.04. The number of nitrogens with zero attached hydrogens (tertiary/aromatic N) is 1. The van der Waals surface area contributed by atoms with E-state index in [-0.39, 0.29) is 6.42 Å². The molecule has 1 aromatic heterocycles. The van der Waals surface area contributed by atoms with Gasteiger partial charge in [0.15, 0.2) is 11.5 Å². The molecule has 0 atom stereocenters. The molecule has 0 amide bonds. The molecule has 0 aliphatic rings. The molecule has 0 bridgehead atoms. The lowest BCUT2D eigenvalue weighted by atomic mass is 10.2. The van der Waals surface area contributed by atoms with Crippen LogP contribution in [0.4, 0.5) is 5.69 Å². The van der Waals surface area contributed by atoms with Crippen molar-refractivity contribution in [2.75, 3.05) is 11.9 Å². The number of carboxylic acids is 1. The number of hydrogen-bond donors (Lipinski definition) is 2. The Morgan fingerprint density at radius 1 is 1.44 bits per heavy atom. The average Bonchev–Trinajstić information content (AvgIpc) is 2.67. The summed E-state index contributed by atoms with van der Waals surface area (Å²) in [5.74, 6) is -0.0851. The first-order valence-electron chi connectivity index (χ1n) is 5.98. The monoisotopic (exact) mass is 248 g/mol. The molecule has 0 fully saturated rings. The van der Waals surface area contributed by atoms with Gasteiger partial charge in [-0.3, -0.25) is 4.79 Å². The Morgan fingerprint density at radius 3 is 3.06 bits per heavy atom. The number of anilines is 1. The number of carbonyl (C=O) groups is 1. The van der Waals surface area contributed by atoms with E-state index in [4.69, 9.17) is 9.52 Å². The van der Waals surface area contributed by atoms with Gasteiger partial charge in [0.25, 0.3) is 0 Å². The van der Waals surface area contributed by atoms with Crippen LogP contribution in [0.1, 0.15) is 25.2 Å². The van der Waals surface area contributed by atoms with Crippen molar-refractivity contribution in [1.82, 2.24) is 4.98 Å². The minimum absolute atomic E-state index is 0.225. The minimum Gasteiger partial charge on any atom is -0.481 e. The van der Waals surface area contributed by atoms with Crippen LogP contribution in [0.15, 0.2) is 22.6 Å². The molecule has 5 nitrogen and oxygen atoms in total. The van der Waals surface area contributed by atoms with Crippen LogP contribution in [0.5, 0.6) is 0 Å². The summed E-state index contributed by atoms with van der Waals surface area (Å²) in [4.78, 5) is 14.6. The number of oxazole rings is 1. The summed E-state index contributed by atoms with van der Waals surface area (Å²) in [6.07, 6.45) is 1.75. The molecular weight excluding hydrogens is 232 g/mol. The van der Waals surface area contributed by atoms with E-state index >= 15 is 0 Å². The molecule has 5 heteroatoms. The molecule has 0 saturated heterocycles. The molecule has 0 aliphatic carbocycles. The fourth-order valence-corrected chi connectivity index (χ4v) is 1.79. The number of hydrogen-bond acceptors (Lipinski definition) is 4. The second-order valence-corrected chi connectivity index (χ2v) is 4.19. The molecule has 18 heavy (non-hydrogen) atoms. The Labute approximate surface area is 105 Å². The Balaban J connectivity index is 1.86. The molecule has 96 valence electrons. The van der Waals surface area contributed by atoms with Gasteiger partial charge < -0.3 is 14.8 Å². The van der Waals surface area contributed by atoms with Gasteiger partial charge in [0.2, 0.25) is 0 Å². The number of benzene rings is 1. The largest absolute Gasteiger partial charge is 0.481 e. The van der Waals surface area contributed by atoms with Crippen LogP contribution in [-0.4, -0.2) is 22.6 Å². The second-order valence-electron chi connectivity index (χ2n) is 4.19. The first kappa shape index (κ1) is 12.4. The normalized spacial score (nSPS) is 10.7. The molecule has 0 aliphatic heterocycles. The van der Waals surface area contributed by atoms with Gasteiger partial charge >= 0.3 is 5.97 Å². The van der Waals surface area contributed by atoms with Crippen LogP contribution in [0.2, 0.25) is 0 Å². The molecule has 2 aromatic rings. The summed E-state index contributed by atoms with van der Waals surface area (Å²) in [5, 5.41) is 11.8. The Morgan fingerprint density at radius 2 is 2.28 bits per heavy atom. The van der Waals surface area contributed by atoms with E-state index in [0.717, 1.165) is 29.8 Å². The third-order valence-corrected chi connectivity index (χ3v) is 2.64. The van der Waals surface area contributed by atoms with E-state index in [9.17, 15) is 4.79 Å². The highest BCUT2D eigenvalue weighted by molar-refractivity contribution is 5.77. The van der Waals surface area contributed by atoms with Crippen LogP contribution in [0.3, 0.4) is 0 Å². The summed E-state index contributed by atoms with van der Waals surface area (Å²) < 4.78 is 5.39. The number of unbranched alkanes of at least 4 members (excludes halogenated alkanes) is 1. The summed E-state index contributed by atoms with van der Waals surface area (Å²) in [6, 6.07) is 5.75. The third-order valence-electron chi connectivity index (χ3n) is 2.64. The zero-order valence-corrected chi connectivity index (χ0v) is 10.3. The summed E-state index contributed by atoms with van der Waals surface area (Å²) in [7, 11) is 0. The van der Waals surface area contributed by atoms with Gasteiger partial charge in [-0.15, -0.1) is 0 Å². The summed E-state index contributed by atoms with van der Waals surface area (Å²) in [5.41, 5.74) is 2.60. The van der Waals surface area contributed by atoms with E-state index in [1.807, 2.05) is 25.1 Å². The molecule has 0 radical (unpaired) electrons. The topological polar surface area (TPSA) is 75.4 Å². The zero-order valence-electron chi connectivity index (χ0n) is 10.3. The van der Waals surface area contributed by atoms with Crippen molar-refractivity contribution in [3.8, 4) is 0 Å². The quantitative estimate of drug-likeness (QED) is 0.769. The molecule has 2 N–H and O–H groups in total. The van der Waals surface area contributed by atoms with E-state index in [1.165, 1.54) is 0 Å². The molecular formula is C13H16N2O3. The maximum atomic E-state index is 10.3. The van der Waals surface area contributed by atoms with Crippen LogP contribution in [-0.2, 0) is 4.79 Å². The summed E-state index contributed by atoms with van der Waals surface area (Å²) in [6.45, 7) is 2.58. The third kappa shape index (κ3) is 3.23. The van der Waals surface area contributed by atoms with E-state index in [2.05, 4.69) is 10.3 Å². The number of rotatable bonds is 6. The minimum atomic E-state index is -0.741. The number of fused-ring (bicyclic) bond motifs is 1. The van der Waals surface area contributed by atoms with Gasteiger partial charge in [0.1, 0.15) is 5.52 Å². The van der Waals surface area contributed by atoms with E-state index < -0.39 is 5.97 Å². The molecule has 1 aromatic carbocycles. The van der Waals surface area contributed by atoms with Gasteiger partial charge in [0.05, 0.1) is 0 Å². The van der Waals surface area contributed by atoms with Crippen LogP contribution in [0, 0.1) is 6.92 Å². The Hall–Kier alpha value is -2.04. The fourth-order valence-electron chi connectivity index (χ4n) is 1.79. The number of aryl methyl sites for hydroxylation is 1.